The number of carbonyl (C=O) groups excluding carboxylic acids is 1. The lowest BCUT2D eigenvalue weighted by atomic mass is 10.1. The van der Waals surface area contributed by atoms with Crippen LogP contribution in [-0.2, 0) is 4.74 Å². The fraction of sp³-hybridized carbons (Fsp3) is 0.533. The summed E-state index contributed by atoms with van der Waals surface area (Å²) in [4.78, 5) is 14.4. The molecule has 20 heavy (non-hydrogen) atoms. The van der Waals surface area contributed by atoms with Gasteiger partial charge in [-0.3, -0.25) is 4.79 Å². The first kappa shape index (κ1) is 15.8. The molecule has 0 saturated carbocycles. The highest BCUT2D eigenvalue weighted by molar-refractivity contribution is 9.10. The van der Waals surface area contributed by atoms with Gasteiger partial charge in [0.15, 0.2) is 0 Å². The van der Waals surface area contributed by atoms with E-state index in [1.54, 1.807) is 12.1 Å². The molecule has 1 aromatic carbocycles. The summed E-state index contributed by atoms with van der Waals surface area (Å²) in [5.41, 5.74) is 0.553. The molecule has 2 rings (SSSR count). The Balaban J connectivity index is 2.06. The molecule has 1 unspecified atom stereocenters. The molecule has 5 heteroatoms. The summed E-state index contributed by atoms with van der Waals surface area (Å²) in [5, 5.41) is 0.495. The minimum absolute atomic E-state index is 0.0129. The van der Waals surface area contributed by atoms with Gasteiger partial charge in [0.2, 0.25) is 0 Å². The molecule has 3 nitrogen and oxygen atoms in total. The van der Waals surface area contributed by atoms with Crippen LogP contribution in [0, 0.1) is 0 Å². The van der Waals surface area contributed by atoms with Gasteiger partial charge in [-0.1, -0.05) is 34.5 Å². The summed E-state index contributed by atoms with van der Waals surface area (Å²) in [6.45, 7) is 4.27. The molecule has 1 aliphatic rings. The lowest BCUT2D eigenvalue weighted by Crippen LogP contribution is -2.43. The van der Waals surface area contributed by atoms with Crippen molar-refractivity contribution >= 4 is 33.4 Å². The molecular weight excluding hydrogens is 342 g/mol. The molecule has 1 saturated heterocycles. The van der Waals surface area contributed by atoms with Crippen molar-refractivity contribution in [1.82, 2.24) is 4.90 Å². The second-order valence-corrected chi connectivity index (χ2v) is 6.33. The molecule has 1 heterocycles. The summed E-state index contributed by atoms with van der Waals surface area (Å²) in [7, 11) is 0. The van der Waals surface area contributed by atoms with Crippen LogP contribution in [0.15, 0.2) is 22.7 Å². The highest BCUT2D eigenvalue weighted by Crippen LogP contribution is 2.24. The number of halogens is 2. The molecule has 1 fully saturated rings. The van der Waals surface area contributed by atoms with Crippen molar-refractivity contribution in [3.8, 4) is 0 Å². The van der Waals surface area contributed by atoms with Gasteiger partial charge in [0, 0.05) is 24.2 Å². The van der Waals surface area contributed by atoms with Crippen LogP contribution in [0.3, 0.4) is 0 Å². The molecule has 0 aromatic heterocycles. The van der Waals surface area contributed by atoms with Crippen molar-refractivity contribution in [2.45, 2.75) is 32.3 Å². The Morgan fingerprint density at radius 1 is 1.55 bits per heavy atom. The normalized spacial score (nSPS) is 19.1. The topological polar surface area (TPSA) is 29.5 Å². The first-order chi connectivity index (χ1) is 9.61. The van der Waals surface area contributed by atoms with E-state index in [0.29, 0.717) is 17.1 Å². The number of piperidine rings is 1. The number of likely N-dealkylation sites (tertiary alicyclic amines) is 1. The van der Waals surface area contributed by atoms with Crippen LogP contribution in [0.2, 0.25) is 5.02 Å². The Labute approximate surface area is 133 Å². The van der Waals surface area contributed by atoms with E-state index in [2.05, 4.69) is 22.9 Å². The molecule has 1 atom stereocenters. The SMILES string of the molecule is CCCOC1CCCN(C(=O)c2cc(Br)ccc2Cl)C1. The Kier molecular flexibility index (Phi) is 5.87. The maximum absolute atomic E-state index is 12.6. The van der Waals surface area contributed by atoms with Crippen molar-refractivity contribution in [2.75, 3.05) is 19.7 Å². The van der Waals surface area contributed by atoms with E-state index < -0.39 is 0 Å². The fourth-order valence-corrected chi connectivity index (χ4v) is 2.93. The summed E-state index contributed by atoms with van der Waals surface area (Å²) < 4.78 is 6.63. The lowest BCUT2D eigenvalue weighted by molar-refractivity contribution is 0.00211. The van der Waals surface area contributed by atoms with Crippen LogP contribution >= 0.6 is 27.5 Å². The van der Waals surface area contributed by atoms with Gasteiger partial charge in [0.05, 0.1) is 16.7 Å². The third-order valence-electron chi connectivity index (χ3n) is 3.38. The number of carbonyl (C=O) groups is 1. The Morgan fingerprint density at radius 2 is 2.35 bits per heavy atom. The van der Waals surface area contributed by atoms with Crippen LogP contribution in [-0.4, -0.2) is 36.6 Å². The third kappa shape index (κ3) is 3.96. The standard InChI is InChI=1S/C15H19BrClNO2/c1-2-8-20-12-4-3-7-18(10-12)15(19)13-9-11(16)5-6-14(13)17/h5-6,9,12H,2-4,7-8,10H2,1H3. The Bertz CT molecular complexity index is 481. The molecule has 1 aromatic rings. The molecule has 0 spiro atoms. The van der Waals surface area contributed by atoms with E-state index in [4.69, 9.17) is 16.3 Å². The van der Waals surface area contributed by atoms with E-state index in [0.717, 1.165) is 36.9 Å². The largest absolute Gasteiger partial charge is 0.376 e. The van der Waals surface area contributed by atoms with E-state index in [9.17, 15) is 4.79 Å². The Hall–Kier alpha value is -0.580. The van der Waals surface area contributed by atoms with Gasteiger partial charge in [0.1, 0.15) is 0 Å². The molecule has 0 bridgehead atoms. The van der Waals surface area contributed by atoms with Gasteiger partial charge < -0.3 is 9.64 Å². The third-order valence-corrected chi connectivity index (χ3v) is 4.20. The monoisotopic (exact) mass is 359 g/mol. The molecule has 1 aliphatic heterocycles. The van der Waals surface area contributed by atoms with Crippen LogP contribution in [0.1, 0.15) is 36.5 Å². The van der Waals surface area contributed by atoms with Gasteiger partial charge in [0.25, 0.3) is 5.91 Å². The quantitative estimate of drug-likeness (QED) is 0.808. The van der Waals surface area contributed by atoms with Crippen molar-refractivity contribution in [1.29, 1.82) is 0 Å². The molecule has 0 N–H and O–H groups in total. The predicted molar refractivity (Wildman–Crippen MR) is 84.3 cm³/mol. The number of rotatable bonds is 4. The second kappa shape index (κ2) is 7.43. The van der Waals surface area contributed by atoms with Crippen LogP contribution < -0.4 is 0 Å². The average Bonchev–Trinajstić information content (AvgIpc) is 2.47. The maximum Gasteiger partial charge on any atom is 0.255 e. The number of hydrogen-bond donors (Lipinski definition) is 0. The summed E-state index contributed by atoms with van der Waals surface area (Å²) >= 11 is 9.51. The highest BCUT2D eigenvalue weighted by atomic mass is 79.9. The number of benzene rings is 1. The van der Waals surface area contributed by atoms with E-state index in [-0.39, 0.29) is 12.0 Å². The highest BCUT2D eigenvalue weighted by Gasteiger charge is 2.26. The molecule has 110 valence electrons. The number of amides is 1. The molecule has 0 aliphatic carbocycles. The van der Waals surface area contributed by atoms with Crippen molar-refractivity contribution < 1.29 is 9.53 Å². The molecular formula is C15H19BrClNO2. The lowest BCUT2D eigenvalue weighted by Gasteiger charge is -2.33. The molecule has 0 radical (unpaired) electrons. The first-order valence-corrected chi connectivity index (χ1v) is 8.15. The fourth-order valence-electron chi connectivity index (χ4n) is 2.37. The minimum Gasteiger partial charge on any atom is -0.376 e. The zero-order valence-electron chi connectivity index (χ0n) is 11.6. The molecule has 1 amide bonds. The van der Waals surface area contributed by atoms with Crippen LogP contribution in [0.25, 0.3) is 0 Å². The average molecular weight is 361 g/mol. The smallest absolute Gasteiger partial charge is 0.255 e. The Morgan fingerprint density at radius 3 is 3.10 bits per heavy atom. The zero-order chi connectivity index (χ0) is 14.5. The minimum atomic E-state index is -0.0129. The summed E-state index contributed by atoms with van der Waals surface area (Å²) in [5.74, 6) is -0.0129. The predicted octanol–water partition coefficient (Wildman–Crippen LogP) is 4.13. The zero-order valence-corrected chi connectivity index (χ0v) is 13.9. The van der Waals surface area contributed by atoms with Crippen molar-refractivity contribution in [2.24, 2.45) is 0 Å². The first-order valence-electron chi connectivity index (χ1n) is 6.97. The number of hydrogen-bond acceptors (Lipinski definition) is 2. The summed E-state index contributed by atoms with van der Waals surface area (Å²) in [6.07, 6.45) is 3.16. The van der Waals surface area contributed by atoms with Gasteiger partial charge >= 0.3 is 0 Å². The van der Waals surface area contributed by atoms with Gasteiger partial charge in [-0.15, -0.1) is 0 Å². The van der Waals surface area contributed by atoms with Crippen molar-refractivity contribution in [3.63, 3.8) is 0 Å². The van der Waals surface area contributed by atoms with Crippen molar-refractivity contribution in [3.05, 3.63) is 33.3 Å². The van der Waals surface area contributed by atoms with E-state index >= 15 is 0 Å². The van der Waals surface area contributed by atoms with Crippen LogP contribution in [0.4, 0.5) is 0 Å². The van der Waals surface area contributed by atoms with Gasteiger partial charge in [-0.25, -0.2) is 0 Å². The second-order valence-electron chi connectivity index (χ2n) is 5.01. The van der Waals surface area contributed by atoms with E-state index in [1.165, 1.54) is 0 Å². The van der Waals surface area contributed by atoms with Crippen LogP contribution in [0.5, 0.6) is 0 Å². The van der Waals surface area contributed by atoms with E-state index in [1.807, 2.05) is 11.0 Å². The number of nitrogens with zero attached hydrogens (tertiary/aromatic N) is 1. The summed E-state index contributed by atoms with van der Waals surface area (Å²) in [6, 6.07) is 5.36. The number of ether oxygens (including phenoxy) is 1. The van der Waals surface area contributed by atoms with Gasteiger partial charge in [-0.2, -0.15) is 0 Å². The van der Waals surface area contributed by atoms with Gasteiger partial charge in [-0.05, 0) is 37.5 Å². The maximum atomic E-state index is 12.6.